The highest BCUT2D eigenvalue weighted by Gasteiger charge is 2.45. The van der Waals surface area contributed by atoms with Gasteiger partial charge in [-0.2, -0.15) is 0 Å². The predicted molar refractivity (Wildman–Crippen MR) is 126 cm³/mol. The van der Waals surface area contributed by atoms with E-state index in [0.717, 1.165) is 16.7 Å². The first-order valence-corrected chi connectivity index (χ1v) is 12.1. The second-order valence-electron chi connectivity index (χ2n) is 12.9. The largest absolute Gasteiger partial charge is 0.345 e. The summed E-state index contributed by atoms with van der Waals surface area (Å²) in [5, 5.41) is 0. The molecule has 0 aromatic heterocycles. The molecule has 0 spiro atoms. The van der Waals surface area contributed by atoms with Crippen LogP contribution >= 0.6 is 0 Å². The fourth-order valence-electron chi connectivity index (χ4n) is 4.16. The van der Waals surface area contributed by atoms with Gasteiger partial charge in [-0.25, -0.2) is 0 Å². The van der Waals surface area contributed by atoms with Crippen molar-refractivity contribution in [1.82, 2.24) is 0 Å². The minimum absolute atomic E-state index is 0.0275. The summed E-state index contributed by atoms with van der Waals surface area (Å²) in [6.07, 6.45) is 0. The molecular weight excluding hydrogens is 420 g/mol. The van der Waals surface area contributed by atoms with Gasteiger partial charge in [-0.15, -0.1) is 0 Å². The van der Waals surface area contributed by atoms with Crippen molar-refractivity contribution >= 4 is 0 Å². The molecule has 1 aromatic carbocycles. The van der Waals surface area contributed by atoms with E-state index in [-0.39, 0.29) is 16.2 Å². The Morgan fingerprint density at radius 2 is 0.576 bits per heavy atom. The van der Waals surface area contributed by atoms with Crippen LogP contribution in [-0.4, -0.2) is 39.6 Å². The lowest BCUT2D eigenvalue weighted by Gasteiger charge is -2.45. The van der Waals surface area contributed by atoms with Gasteiger partial charge in [0.2, 0.25) is 0 Å². The number of hydrogen-bond acceptors (Lipinski definition) is 6. The molecule has 0 saturated carbocycles. The minimum atomic E-state index is -0.880. The van der Waals surface area contributed by atoms with Crippen molar-refractivity contribution < 1.29 is 28.4 Å². The summed E-state index contributed by atoms with van der Waals surface area (Å²) in [5.74, 6) is -2.64. The molecule has 3 fully saturated rings. The maximum atomic E-state index is 6.30. The minimum Gasteiger partial charge on any atom is -0.345 e. The van der Waals surface area contributed by atoms with Gasteiger partial charge in [0.05, 0.1) is 39.6 Å². The average molecular weight is 463 g/mol. The van der Waals surface area contributed by atoms with Crippen LogP contribution in [0.5, 0.6) is 0 Å². The van der Waals surface area contributed by atoms with E-state index >= 15 is 0 Å². The van der Waals surface area contributed by atoms with Gasteiger partial charge in [0.1, 0.15) is 0 Å². The summed E-state index contributed by atoms with van der Waals surface area (Å²) in [7, 11) is 0. The quantitative estimate of drug-likeness (QED) is 0.598. The third kappa shape index (κ3) is 5.16. The third-order valence-electron chi connectivity index (χ3n) is 6.94. The van der Waals surface area contributed by atoms with Crippen LogP contribution in [0.4, 0.5) is 0 Å². The van der Waals surface area contributed by atoms with E-state index < -0.39 is 17.4 Å². The summed E-state index contributed by atoms with van der Waals surface area (Å²) in [5.41, 5.74) is 2.63. The summed E-state index contributed by atoms with van der Waals surface area (Å²) in [6, 6.07) is 6.24. The lowest BCUT2D eigenvalue weighted by atomic mass is 9.88. The van der Waals surface area contributed by atoms with Crippen LogP contribution in [0.2, 0.25) is 0 Å². The molecule has 3 aliphatic rings. The zero-order valence-electron chi connectivity index (χ0n) is 21.9. The molecule has 0 amide bonds. The van der Waals surface area contributed by atoms with Gasteiger partial charge in [0.15, 0.2) is 17.4 Å². The molecule has 0 bridgehead atoms. The Labute approximate surface area is 199 Å². The maximum Gasteiger partial charge on any atom is 0.191 e. The molecule has 33 heavy (non-hydrogen) atoms. The van der Waals surface area contributed by atoms with Crippen LogP contribution in [0.3, 0.4) is 0 Å². The van der Waals surface area contributed by atoms with Crippen molar-refractivity contribution in [2.45, 2.75) is 79.7 Å². The van der Waals surface area contributed by atoms with Crippen molar-refractivity contribution in [3.63, 3.8) is 0 Å². The SMILES string of the molecule is CC1(C)COC(C)(c2cc(C3(C)OCC(C)(C)CO3)cc(C3(C)OCC(C)(C)CO3)c2)OC1. The van der Waals surface area contributed by atoms with Crippen molar-refractivity contribution in [2.75, 3.05) is 39.6 Å². The van der Waals surface area contributed by atoms with Crippen molar-refractivity contribution in [3.8, 4) is 0 Å². The fourth-order valence-corrected chi connectivity index (χ4v) is 4.16. The van der Waals surface area contributed by atoms with Crippen LogP contribution < -0.4 is 0 Å². The number of benzene rings is 1. The normalized spacial score (nSPS) is 29.4. The first-order valence-electron chi connectivity index (χ1n) is 12.1. The van der Waals surface area contributed by atoms with Gasteiger partial charge in [-0.05, 0) is 39.0 Å². The zero-order chi connectivity index (χ0) is 24.3. The average Bonchev–Trinajstić information content (AvgIpc) is 2.75. The molecule has 0 atom stereocenters. The molecule has 0 aliphatic carbocycles. The lowest BCUT2D eigenvalue weighted by molar-refractivity contribution is -0.304. The number of hydrogen-bond donors (Lipinski definition) is 0. The van der Waals surface area contributed by atoms with Crippen LogP contribution in [0, 0.1) is 16.2 Å². The van der Waals surface area contributed by atoms with E-state index in [9.17, 15) is 0 Å². The molecule has 3 heterocycles. The summed E-state index contributed by atoms with van der Waals surface area (Å²) in [4.78, 5) is 0. The molecule has 3 saturated heterocycles. The first-order chi connectivity index (χ1) is 15.1. The highest BCUT2D eigenvalue weighted by atomic mass is 16.7. The van der Waals surface area contributed by atoms with Crippen molar-refractivity contribution in [2.24, 2.45) is 16.2 Å². The molecule has 4 rings (SSSR count). The number of rotatable bonds is 3. The molecule has 1 aromatic rings. The number of ether oxygens (including phenoxy) is 6. The van der Waals surface area contributed by atoms with E-state index in [2.05, 4.69) is 59.7 Å². The van der Waals surface area contributed by atoms with Gasteiger partial charge >= 0.3 is 0 Å². The Balaban J connectivity index is 1.74. The smallest absolute Gasteiger partial charge is 0.191 e. The third-order valence-corrected chi connectivity index (χ3v) is 6.94. The van der Waals surface area contributed by atoms with Crippen molar-refractivity contribution in [3.05, 3.63) is 34.9 Å². The van der Waals surface area contributed by atoms with E-state index in [0.29, 0.717) is 39.6 Å². The fraction of sp³-hybridized carbons (Fsp3) is 0.778. The molecule has 6 nitrogen and oxygen atoms in total. The van der Waals surface area contributed by atoms with Crippen molar-refractivity contribution in [1.29, 1.82) is 0 Å². The zero-order valence-corrected chi connectivity index (χ0v) is 21.9. The van der Waals surface area contributed by atoms with Gasteiger partial charge in [0, 0.05) is 32.9 Å². The molecule has 186 valence electrons. The van der Waals surface area contributed by atoms with Crippen LogP contribution in [-0.2, 0) is 45.8 Å². The molecule has 3 aliphatic heterocycles. The highest BCUT2D eigenvalue weighted by molar-refractivity contribution is 5.37. The van der Waals surface area contributed by atoms with E-state index in [1.165, 1.54) is 0 Å². The van der Waals surface area contributed by atoms with Gasteiger partial charge in [0.25, 0.3) is 0 Å². The molecule has 0 unspecified atom stereocenters. The Kier molecular flexibility index (Phi) is 6.08. The van der Waals surface area contributed by atoms with Crippen LogP contribution in [0.1, 0.15) is 79.0 Å². The molecule has 0 radical (unpaired) electrons. The first kappa shape index (κ1) is 25.1. The molecule has 0 N–H and O–H groups in total. The summed E-state index contributed by atoms with van der Waals surface area (Å²) >= 11 is 0. The Morgan fingerprint density at radius 1 is 0.394 bits per heavy atom. The van der Waals surface area contributed by atoms with E-state index in [4.69, 9.17) is 28.4 Å². The second kappa shape index (κ2) is 8.00. The maximum absolute atomic E-state index is 6.30. The standard InChI is InChI=1S/C27H42O6/c1-22(2)13-28-25(7,29-14-22)19-10-20(26(8)30-15-23(3,4)16-31-26)12-21(11-19)27(9)32-17-24(5,6)18-33-27/h10-12H,13-18H2,1-9H3. The highest BCUT2D eigenvalue weighted by Crippen LogP contribution is 2.44. The van der Waals surface area contributed by atoms with Gasteiger partial charge in [-0.3, -0.25) is 0 Å². The summed E-state index contributed by atoms with van der Waals surface area (Å²) < 4.78 is 37.8. The predicted octanol–water partition coefficient (Wildman–Crippen LogP) is 5.42. The Morgan fingerprint density at radius 3 is 0.758 bits per heavy atom. The lowest BCUT2D eigenvalue weighted by Crippen LogP contribution is -2.46. The van der Waals surface area contributed by atoms with E-state index in [1.807, 2.05) is 20.8 Å². The Hall–Kier alpha value is -1.02. The molecule has 6 heteroatoms. The van der Waals surface area contributed by atoms with Crippen LogP contribution in [0.15, 0.2) is 18.2 Å². The second-order valence-corrected chi connectivity index (χ2v) is 12.9. The van der Waals surface area contributed by atoms with Gasteiger partial charge < -0.3 is 28.4 Å². The molecular formula is C27H42O6. The van der Waals surface area contributed by atoms with E-state index in [1.54, 1.807) is 0 Å². The topological polar surface area (TPSA) is 55.4 Å². The monoisotopic (exact) mass is 462 g/mol. The Bertz CT molecular complexity index is 730. The summed E-state index contributed by atoms with van der Waals surface area (Å²) in [6.45, 7) is 22.5. The van der Waals surface area contributed by atoms with Crippen LogP contribution in [0.25, 0.3) is 0 Å². The van der Waals surface area contributed by atoms with Gasteiger partial charge in [-0.1, -0.05) is 41.5 Å².